The standard InChI is InChI=1S/C17H24ClNO3/c1-3-17(4-2,13-8-10-14(18)11-9-13)16(22)19-12-6-5-7-15(20)21/h8-11H,3-7,12H2,1-2H3,(H,19,22)(H,20,21). The Morgan fingerprint density at radius 1 is 1.14 bits per heavy atom. The number of aliphatic carboxylic acids is 1. The van der Waals surface area contributed by atoms with Gasteiger partial charge in [-0.15, -0.1) is 0 Å². The van der Waals surface area contributed by atoms with Crippen molar-refractivity contribution in [3.63, 3.8) is 0 Å². The van der Waals surface area contributed by atoms with E-state index in [1.807, 2.05) is 26.0 Å². The number of carboxylic acids is 1. The molecule has 5 heteroatoms. The van der Waals surface area contributed by atoms with Crippen LogP contribution in [0, 0.1) is 0 Å². The maximum atomic E-state index is 12.6. The van der Waals surface area contributed by atoms with Crippen molar-refractivity contribution in [2.75, 3.05) is 6.54 Å². The number of hydrogen-bond acceptors (Lipinski definition) is 2. The van der Waals surface area contributed by atoms with Gasteiger partial charge in [-0.05, 0) is 43.4 Å². The topological polar surface area (TPSA) is 66.4 Å². The summed E-state index contributed by atoms with van der Waals surface area (Å²) in [5, 5.41) is 12.2. The Bertz CT molecular complexity index is 495. The lowest BCUT2D eigenvalue weighted by Gasteiger charge is -2.31. The van der Waals surface area contributed by atoms with Gasteiger partial charge in [0.25, 0.3) is 0 Å². The minimum absolute atomic E-state index is 0.00449. The lowest BCUT2D eigenvalue weighted by atomic mass is 9.75. The first-order valence-corrected chi connectivity index (χ1v) is 8.10. The molecule has 2 N–H and O–H groups in total. The van der Waals surface area contributed by atoms with Gasteiger partial charge in [-0.2, -0.15) is 0 Å². The van der Waals surface area contributed by atoms with E-state index in [1.54, 1.807) is 12.1 Å². The van der Waals surface area contributed by atoms with E-state index in [0.29, 0.717) is 37.3 Å². The monoisotopic (exact) mass is 325 g/mol. The molecular formula is C17H24ClNO3. The summed E-state index contributed by atoms with van der Waals surface area (Å²) in [5.41, 5.74) is 0.405. The SMILES string of the molecule is CCC(CC)(C(=O)NCCCCC(=O)O)c1ccc(Cl)cc1. The van der Waals surface area contributed by atoms with E-state index in [2.05, 4.69) is 5.32 Å². The molecule has 0 heterocycles. The maximum absolute atomic E-state index is 12.6. The fourth-order valence-electron chi connectivity index (χ4n) is 2.65. The molecule has 22 heavy (non-hydrogen) atoms. The van der Waals surface area contributed by atoms with Gasteiger partial charge in [0, 0.05) is 18.0 Å². The first-order chi connectivity index (χ1) is 10.5. The van der Waals surface area contributed by atoms with Gasteiger partial charge in [0.05, 0.1) is 5.41 Å². The molecular weight excluding hydrogens is 302 g/mol. The minimum atomic E-state index is -0.802. The Labute approximate surface area is 136 Å². The average molecular weight is 326 g/mol. The van der Waals surface area contributed by atoms with Crippen LogP contribution in [-0.2, 0) is 15.0 Å². The average Bonchev–Trinajstić information content (AvgIpc) is 2.50. The third kappa shape index (κ3) is 4.73. The number of nitrogens with one attached hydrogen (secondary N) is 1. The molecule has 0 radical (unpaired) electrons. The zero-order valence-electron chi connectivity index (χ0n) is 13.2. The highest BCUT2D eigenvalue weighted by atomic mass is 35.5. The predicted octanol–water partition coefficient (Wildman–Crippen LogP) is 3.77. The molecule has 0 atom stereocenters. The Kier molecular flexibility index (Phi) is 7.39. The number of carbonyl (C=O) groups excluding carboxylic acids is 1. The summed E-state index contributed by atoms with van der Waals surface area (Å²) >= 11 is 5.92. The van der Waals surface area contributed by atoms with E-state index in [9.17, 15) is 9.59 Å². The van der Waals surface area contributed by atoms with Crippen molar-refractivity contribution in [2.45, 2.75) is 51.4 Å². The molecule has 122 valence electrons. The quantitative estimate of drug-likeness (QED) is 0.679. The molecule has 0 saturated carbocycles. The fraction of sp³-hybridized carbons (Fsp3) is 0.529. The Hall–Kier alpha value is -1.55. The summed E-state index contributed by atoms with van der Waals surface area (Å²) < 4.78 is 0. The summed E-state index contributed by atoms with van der Waals surface area (Å²) in [6, 6.07) is 7.41. The third-order valence-electron chi connectivity index (χ3n) is 4.14. The maximum Gasteiger partial charge on any atom is 0.303 e. The van der Waals surface area contributed by atoms with Crippen LogP contribution in [0.1, 0.15) is 51.5 Å². The van der Waals surface area contributed by atoms with Crippen molar-refractivity contribution in [3.05, 3.63) is 34.9 Å². The van der Waals surface area contributed by atoms with Crippen molar-refractivity contribution in [3.8, 4) is 0 Å². The fourth-order valence-corrected chi connectivity index (χ4v) is 2.78. The van der Waals surface area contributed by atoms with Gasteiger partial charge in [-0.3, -0.25) is 9.59 Å². The number of carbonyl (C=O) groups is 2. The van der Waals surface area contributed by atoms with Crippen molar-refractivity contribution in [1.29, 1.82) is 0 Å². The van der Waals surface area contributed by atoms with Crippen LogP contribution >= 0.6 is 11.6 Å². The van der Waals surface area contributed by atoms with E-state index in [-0.39, 0.29) is 12.3 Å². The second kappa shape index (κ2) is 8.79. The molecule has 4 nitrogen and oxygen atoms in total. The van der Waals surface area contributed by atoms with Crippen LogP contribution in [0.2, 0.25) is 5.02 Å². The number of hydrogen-bond donors (Lipinski definition) is 2. The molecule has 0 saturated heterocycles. The van der Waals surface area contributed by atoms with E-state index in [1.165, 1.54) is 0 Å². The molecule has 1 aromatic rings. The first kappa shape index (κ1) is 18.5. The number of amides is 1. The highest BCUT2D eigenvalue weighted by molar-refractivity contribution is 6.30. The number of unbranched alkanes of at least 4 members (excludes halogenated alkanes) is 1. The predicted molar refractivity (Wildman–Crippen MR) is 88.2 cm³/mol. The van der Waals surface area contributed by atoms with Crippen molar-refractivity contribution in [1.82, 2.24) is 5.32 Å². The minimum Gasteiger partial charge on any atom is -0.481 e. The zero-order chi connectivity index (χ0) is 16.6. The van der Waals surface area contributed by atoms with Crippen LogP contribution in [0.4, 0.5) is 0 Å². The van der Waals surface area contributed by atoms with Gasteiger partial charge < -0.3 is 10.4 Å². The Morgan fingerprint density at radius 3 is 2.23 bits per heavy atom. The molecule has 0 fully saturated rings. The zero-order valence-corrected chi connectivity index (χ0v) is 13.9. The lowest BCUT2D eigenvalue weighted by molar-refractivity contribution is -0.137. The number of benzene rings is 1. The summed E-state index contributed by atoms with van der Waals surface area (Å²) in [6.45, 7) is 4.51. The molecule has 0 unspecified atom stereocenters. The molecule has 0 aliphatic rings. The third-order valence-corrected chi connectivity index (χ3v) is 4.39. The van der Waals surface area contributed by atoms with Crippen molar-refractivity contribution >= 4 is 23.5 Å². The van der Waals surface area contributed by atoms with Crippen LogP contribution in [-0.4, -0.2) is 23.5 Å². The lowest BCUT2D eigenvalue weighted by Crippen LogP contribution is -2.44. The number of carboxylic acid groups (broad SMARTS) is 1. The van der Waals surface area contributed by atoms with E-state index in [0.717, 1.165) is 5.56 Å². The molecule has 0 aliphatic carbocycles. The Morgan fingerprint density at radius 2 is 1.73 bits per heavy atom. The van der Waals surface area contributed by atoms with Crippen molar-refractivity contribution < 1.29 is 14.7 Å². The van der Waals surface area contributed by atoms with Crippen LogP contribution in [0.3, 0.4) is 0 Å². The molecule has 1 aromatic carbocycles. The van der Waals surface area contributed by atoms with Gasteiger partial charge in [0.1, 0.15) is 0 Å². The van der Waals surface area contributed by atoms with E-state index < -0.39 is 11.4 Å². The highest BCUT2D eigenvalue weighted by Crippen LogP contribution is 2.32. The van der Waals surface area contributed by atoms with Crippen LogP contribution < -0.4 is 5.32 Å². The molecule has 0 aliphatic heterocycles. The second-order valence-electron chi connectivity index (χ2n) is 5.40. The molecule has 0 aromatic heterocycles. The largest absolute Gasteiger partial charge is 0.481 e. The Balaban J connectivity index is 2.70. The van der Waals surface area contributed by atoms with Gasteiger partial charge >= 0.3 is 5.97 Å². The summed E-state index contributed by atoms with van der Waals surface area (Å²) in [6.07, 6.45) is 2.78. The van der Waals surface area contributed by atoms with Crippen LogP contribution in [0.15, 0.2) is 24.3 Å². The normalized spacial score (nSPS) is 11.2. The molecule has 1 rings (SSSR count). The summed E-state index contributed by atoms with van der Waals surface area (Å²) in [7, 11) is 0. The van der Waals surface area contributed by atoms with Gasteiger partial charge in [0.15, 0.2) is 0 Å². The molecule has 0 bridgehead atoms. The first-order valence-electron chi connectivity index (χ1n) is 7.72. The smallest absolute Gasteiger partial charge is 0.303 e. The summed E-state index contributed by atoms with van der Waals surface area (Å²) in [4.78, 5) is 23.1. The van der Waals surface area contributed by atoms with Crippen molar-refractivity contribution in [2.24, 2.45) is 0 Å². The van der Waals surface area contributed by atoms with Crippen LogP contribution in [0.25, 0.3) is 0 Å². The van der Waals surface area contributed by atoms with E-state index in [4.69, 9.17) is 16.7 Å². The second-order valence-corrected chi connectivity index (χ2v) is 5.84. The molecule has 0 spiro atoms. The molecule has 1 amide bonds. The highest BCUT2D eigenvalue weighted by Gasteiger charge is 2.36. The van der Waals surface area contributed by atoms with Crippen LogP contribution in [0.5, 0.6) is 0 Å². The van der Waals surface area contributed by atoms with Gasteiger partial charge in [-0.1, -0.05) is 37.6 Å². The van der Waals surface area contributed by atoms with Gasteiger partial charge in [0.2, 0.25) is 5.91 Å². The van der Waals surface area contributed by atoms with Gasteiger partial charge in [-0.25, -0.2) is 0 Å². The summed E-state index contributed by atoms with van der Waals surface area (Å²) in [5.74, 6) is -0.806. The number of rotatable bonds is 9. The number of halogens is 1. The van der Waals surface area contributed by atoms with E-state index >= 15 is 0 Å².